The zero-order chi connectivity index (χ0) is 12.8. The normalized spacial score (nSPS) is 10.8. The molecule has 1 rings (SSSR count). The fourth-order valence-corrected chi connectivity index (χ4v) is 2.76. The van der Waals surface area contributed by atoms with Crippen molar-refractivity contribution in [2.45, 2.75) is 52.4 Å². The highest BCUT2D eigenvalue weighted by atomic mass is 79.9. The first-order valence-corrected chi connectivity index (χ1v) is 7.11. The molecule has 0 aliphatic carbocycles. The Balaban J connectivity index is 2.52. The topological polar surface area (TPSA) is 34.9 Å². The minimum absolute atomic E-state index is 0.376. The van der Waals surface area contributed by atoms with Crippen molar-refractivity contribution >= 4 is 21.7 Å². The van der Waals surface area contributed by atoms with E-state index in [4.69, 9.17) is 0 Å². The van der Waals surface area contributed by atoms with E-state index < -0.39 is 0 Å². The molecule has 96 valence electrons. The molecule has 0 fully saturated rings. The van der Waals surface area contributed by atoms with Crippen LogP contribution in [0.15, 0.2) is 4.47 Å². The van der Waals surface area contributed by atoms with E-state index in [9.17, 15) is 4.79 Å². The Morgan fingerprint density at radius 1 is 1.35 bits per heavy atom. The van der Waals surface area contributed by atoms with E-state index in [1.807, 2.05) is 18.7 Å². The molecular formula is C13H21BrN2O. The number of carbonyl (C=O) groups excluding carboxylic acids is 1. The number of hydrogen-bond donors (Lipinski definition) is 0. The van der Waals surface area contributed by atoms with Gasteiger partial charge in [-0.3, -0.25) is 9.48 Å². The molecule has 1 aromatic rings. The van der Waals surface area contributed by atoms with E-state index in [-0.39, 0.29) is 0 Å². The third-order valence-corrected chi connectivity index (χ3v) is 3.82. The van der Waals surface area contributed by atoms with E-state index in [2.05, 4.69) is 28.0 Å². The summed E-state index contributed by atoms with van der Waals surface area (Å²) in [5, 5.41) is 4.45. The molecule has 0 aromatic carbocycles. The van der Waals surface area contributed by atoms with Crippen LogP contribution in [0.5, 0.6) is 0 Å². The molecule has 0 N–H and O–H groups in total. The van der Waals surface area contributed by atoms with E-state index >= 15 is 0 Å². The van der Waals surface area contributed by atoms with Gasteiger partial charge in [-0.05, 0) is 41.6 Å². The quantitative estimate of drug-likeness (QED) is 0.773. The van der Waals surface area contributed by atoms with Crippen molar-refractivity contribution in [3.63, 3.8) is 0 Å². The van der Waals surface area contributed by atoms with Gasteiger partial charge in [-0.2, -0.15) is 5.10 Å². The Kier molecular flexibility index (Phi) is 5.89. The molecule has 0 unspecified atom stereocenters. The molecule has 0 aliphatic rings. The number of nitrogens with zero attached hydrogens (tertiary/aromatic N) is 2. The van der Waals surface area contributed by atoms with Gasteiger partial charge in [0.2, 0.25) is 0 Å². The number of hydrogen-bond acceptors (Lipinski definition) is 2. The maximum absolute atomic E-state index is 11.4. The van der Waals surface area contributed by atoms with Crippen LogP contribution < -0.4 is 0 Å². The molecule has 4 heteroatoms. The molecule has 0 amide bonds. The van der Waals surface area contributed by atoms with Crippen LogP contribution in [0, 0.1) is 0 Å². The number of carbonyl (C=O) groups is 1. The molecule has 0 atom stereocenters. The van der Waals surface area contributed by atoms with Crippen LogP contribution >= 0.6 is 15.9 Å². The monoisotopic (exact) mass is 300 g/mol. The van der Waals surface area contributed by atoms with E-state index in [0.29, 0.717) is 18.6 Å². The van der Waals surface area contributed by atoms with Crippen molar-refractivity contribution in [1.82, 2.24) is 9.78 Å². The predicted octanol–water partition coefficient (Wildman–Crippen LogP) is 3.44. The van der Waals surface area contributed by atoms with E-state index in [1.165, 1.54) is 5.69 Å². The number of halogens is 1. The Labute approximate surface area is 112 Å². The van der Waals surface area contributed by atoms with E-state index in [1.54, 1.807) is 0 Å². The first-order valence-electron chi connectivity index (χ1n) is 6.32. The predicted molar refractivity (Wildman–Crippen MR) is 73.1 cm³/mol. The summed E-state index contributed by atoms with van der Waals surface area (Å²) >= 11 is 3.59. The molecule has 0 spiro atoms. The summed E-state index contributed by atoms with van der Waals surface area (Å²) in [6.45, 7) is 4.14. The third-order valence-electron chi connectivity index (χ3n) is 2.90. The lowest BCUT2D eigenvalue weighted by Gasteiger charge is -2.02. The molecule has 0 saturated carbocycles. The van der Waals surface area contributed by atoms with Crippen molar-refractivity contribution in [2.24, 2.45) is 7.05 Å². The van der Waals surface area contributed by atoms with Gasteiger partial charge in [0.15, 0.2) is 0 Å². The summed E-state index contributed by atoms with van der Waals surface area (Å²) in [6, 6.07) is 0. The number of Topliss-reactive ketones (excluding diaryl/α,β-unsaturated/α-hetero) is 1. The fraction of sp³-hybridized carbons (Fsp3) is 0.692. The molecule has 1 heterocycles. The zero-order valence-electron chi connectivity index (χ0n) is 10.9. The number of ketones is 1. The molecule has 3 nitrogen and oxygen atoms in total. The van der Waals surface area contributed by atoms with Gasteiger partial charge < -0.3 is 0 Å². The second-order valence-electron chi connectivity index (χ2n) is 4.33. The van der Waals surface area contributed by atoms with Crippen molar-refractivity contribution in [1.29, 1.82) is 0 Å². The summed E-state index contributed by atoms with van der Waals surface area (Å²) < 4.78 is 3.04. The summed E-state index contributed by atoms with van der Waals surface area (Å²) in [4.78, 5) is 11.4. The van der Waals surface area contributed by atoms with Crippen LogP contribution in [0.1, 0.15) is 50.9 Å². The van der Waals surface area contributed by atoms with Crippen molar-refractivity contribution < 1.29 is 4.79 Å². The van der Waals surface area contributed by atoms with Crippen LogP contribution in [-0.2, 0) is 24.7 Å². The minimum Gasteiger partial charge on any atom is -0.300 e. The van der Waals surface area contributed by atoms with Gasteiger partial charge >= 0.3 is 0 Å². The summed E-state index contributed by atoms with van der Waals surface area (Å²) in [5.41, 5.74) is 2.30. The Morgan fingerprint density at radius 2 is 2.06 bits per heavy atom. The lowest BCUT2D eigenvalue weighted by atomic mass is 10.1. The number of rotatable bonds is 7. The highest BCUT2D eigenvalue weighted by Gasteiger charge is 2.12. The number of aryl methyl sites for hydroxylation is 2. The molecule has 17 heavy (non-hydrogen) atoms. The zero-order valence-corrected chi connectivity index (χ0v) is 12.5. The largest absolute Gasteiger partial charge is 0.300 e. The average molecular weight is 301 g/mol. The Morgan fingerprint density at radius 3 is 2.59 bits per heavy atom. The maximum Gasteiger partial charge on any atom is 0.132 e. The van der Waals surface area contributed by atoms with Crippen molar-refractivity contribution in [2.75, 3.05) is 0 Å². The SMILES string of the molecule is CCCC(=O)CCCc1c(Br)c(CC)nn1C. The first kappa shape index (κ1) is 14.4. The van der Waals surface area contributed by atoms with Crippen LogP contribution in [0.3, 0.4) is 0 Å². The van der Waals surface area contributed by atoms with E-state index in [0.717, 1.165) is 35.8 Å². The lowest BCUT2D eigenvalue weighted by Crippen LogP contribution is -2.02. The van der Waals surface area contributed by atoms with Crippen molar-refractivity contribution in [3.8, 4) is 0 Å². The molecule has 1 aromatic heterocycles. The van der Waals surface area contributed by atoms with Crippen molar-refractivity contribution in [3.05, 3.63) is 15.9 Å². The summed E-state index contributed by atoms with van der Waals surface area (Å²) in [5.74, 6) is 0.376. The average Bonchev–Trinajstić information content (AvgIpc) is 2.56. The van der Waals surface area contributed by atoms with Gasteiger partial charge in [-0.15, -0.1) is 0 Å². The van der Waals surface area contributed by atoms with Gasteiger partial charge in [0.1, 0.15) is 5.78 Å². The summed E-state index contributed by atoms with van der Waals surface area (Å²) in [6.07, 6.45) is 5.12. The van der Waals surface area contributed by atoms with Gasteiger partial charge in [-0.1, -0.05) is 13.8 Å². The molecule has 0 radical (unpaired) electrons. The van der Waals surface area contributed by atoms with Gasteiger partial charge in [-0.25, -0.2) is 0 Å². The van der Waals surface area contributed by atoms with Crippen LogP contribution in [0.2, 0.25) is 0 Å². The molecule has 0 saturated heterocycles. The fourth-order valence-electron chi connectivity index (χ4n) is 1.95. The molecular weight excluding hydrogens is 280 g/mol. The lowest BCUT2D eigenvalue weighted by molar-refractivity contribution is -0.119. The highest BCUT2D eigenvalue weighted by Crippen LogP contribution is 2.23. The Bertz CT molecular complexity index is 385. The first-order chi connectivity index (χ1) is 8.10. The second-order valence-corrected chi connectivity index (χ2v) is 5.12. The van der Waals surface area contributed by atoms with Crippen LogP contribution in [0.4, 0.5) is 0 Å². The van der Waals surface area contributed by atoms with Crippen LogP contribution in [0.25, 0.3) is 0 Å². The molecule has 0 bridgehead atoms. The van der Waals surface area contributed by atoms with Crippen LogP contribution in [-0.4, -0.2) is 15.6 Å². The van der Waals surface area contributed by atoms with Gasteiger partial charge in [0.25, 0.3) is 0 Å². The van der Waals surface area contributed by atoms with Gasteiger partial charge in [0, 0.05) is 19.9 Å². The standard InChI is InChI=1S/C13H21BrN2O/c1-4-7-10(17)8-6-9-12-13(14)11(5-2)15-16(12)3/h4-9H2,1-3H3. The Hall–Kier alpha value is -0.640. The summed E-state index contributed by atoms with van der Waals surface area (Å²) in [7, 11) is 1.97. The number of aromatic nitrogens is 2. The third kappa shape index (κ3) is 3.95. The second kappa shape index (κ2) is 6.94. The maximum atomic E-state index is 11.4. The molecule has 0 aliphatic heterocycles. The highest BCUT2D eigenvalue weighted by molar-refractivity contribution is 9.10. The smallest absolute Gasteiger partial charge is 0.132 e. The minimum atomic E-state index is 0.376. The van der Waals surface area contributed by atoms with Gasteiger partial charge in [0.05, 0.1) is 15.9 Å².